The number of piperidine rings is 1. The molecule has 66 valence electrons. The second-order valence-electron chi connectivity index (χ2n) is 3.16. The number of likely N-dealkylation sites (N-methyl/N-ethyl adjacent to an activating group) is 1. The molecule has 1 aliphatic heterocycles. The summed E-state index contributed by atoms with van der Waals surface area (Å²) in [5, 5.41) is 15.4. The molecule has 0 unspecified atom stereocenters. The lowest BCUT2D eigenvalue weighted by Gasteiger charge is -2.31. The summed E-state index contributed by atoms with van der Waals surface area (Å²) in [4.78, 5) is 0. The number of rotatable bonds is 3. The van der Waals surface area contributed by atoms with Crippen LogP contribution >= 0.6 is 0 Å². The zero-order valence-electron chi connectivity index (χ0n) is 7.14. The lowest BCUT2D eigenvalue weighted by molar-refractivity contribution is 0.206. The van der Waals surface area contributed by atoms with Crippen LogP contribution in [0.4, 0.5) is 0 Å². The quantitative estimate of drug-likeness (QED) is 0.522. The van der Waals surface area contributed by atoms with Crippen molar-refractivity contribution in [2.45, 2.75) is 18.9 Å². The molecule has 1 saturated heterocycles. The molecule has 0 aromatic heterocycles. The minimum atomic E-state index is 0.322. The Hall–Kier alpha value is -0.120. The maximum atomic E-state index is 8.78. The number of nitrogens with one attached hydrogen (secondary N) is 2. The highest BCUT2D eigenvalue weighted by Gasteiger charge is 2.22. The molecule has 0 aliphatic carbocycles. The first-order valence-electron chi connectivity index (χ1n) is 4.37. The van der Waals surface area contributed by atoms with Gasteiger partial charge in [0.05, 0.1) is 0 Å². The first kappa shape index (κ1) is 8.97. The molecule has 0 spiro atoms. The summed E-state index contributed by atoms with van der Waals surface area (Å²) >= 11 is 0. The van der Waals surface area contributed by atoms with Gasteiger partial charge in [0.25, 0.3) is 0 Å². The van der Waals surface area contributed by atoms with E-state index < -0.39 is 0 Å². The second kappa shape index (κ2) is 4.70. The monoisotopic (exact) mass is 158 g/mol. The van der Waals surface area contributed by atoms with Crippen molar-refractivity contribution >= 4 is 0 Å². The Morgan fingerprint density at radius 2 is 2.45 bits per heavy atom. The first-order valence-corrected chi connectivity index (χ1v) is 4.37. The summed E-state index contributed by atoms with van der Waals surface area (Å²) in [5.74, 6) is 0.659. The molecule has 0 bridgehead atoms. The molecule has 0 aromatic carbocycles. The van der Waals surface area contributed by atoms with Crippen molar-refractivity contribution in [3.05, 3.63) is 0 Å². The molecule has 0 aromatic rings. The van der Waals surface area contributed by atoms with Gasteiger partial charge in [0.15, 0.2) is 0 Å². The first-order chi connectivity index (χ1) is 5.38. The Labute approximate surface area is 68.2 Å². The van der Waals surface area contributed by atoms with Gasteiger partial charge in [-0.3, -0.25) is 0 Å². The summed E-state index contributed by atoms with van der Waals surface area (Å²) in [7, 11) is 1.99. The summed E-state index contributed by atoms with van der Waals surface area (Å²) in [5.41, 5.74) is 0. The Bertz CT molecular complexity index is 106. The zero-order valence-corrected chi connectivity index (χ0v) is 7.14. The fourth-order valence-electron chi connectivity index (χ4n) is 1.76. The van der Waals surface area contributed by atoms with Crippen LogP contribution in [0.5, 0.6) is 0 Å². The molecule has 1 aliphatic rings. The fraction of sp³-hybridized carbons (Fsp3) is 1.00. The number of hydrogen-bond acceptors (Lipinski definition) is 3. The van der Waals surface area contributed by atoms with Crippen LogP contribution in [-0.2, 0) is 0 Å². The summed E-state index contributed by atoms with van der Waals surface area (Å²) in [6, 6.07) is 0.552. The van der Waals surface area contributed by atoms with Crippen LogP contribution in [0.3, 0.4) is 0 Å². The van der Waals surface area contributed by atoms with Crippen molar-refractivity contribution in [2.24, 2.45) is 5.92 Å². The SMILES string of the molecule is CN[C@@H]1CNCC[C@H]1CCO. The van der Waals surface area contributed by atoms with Gasteiger partial charge in [-0.05, 0) is 32.4 Å². The van der Waals surface area contributed by atoms with Gasteiger partial charge in [0.1, 0.15) is 0 Å². The predicted octanol–water partition coefficient (Wildman–Crippen LogP) is -0.434. The van der Waals surface area contributed by atoms with E-state index in [-0.39, 0.29) is 0 Å². The minimum Gasteiger partial charge on any atom is -0.396 e. The van der Waals surface area contributed by atoms with Gasteiger partial charge >= 0.3 is 0 Å². The van der Waals surface area contributed by atoms with Gasteiger partial charge < -0.3 is 15.7 Å². The standard InChI is InChI=1S/C8H18N2O/c1-9-8-6-10-4-2-7(8)3-5-11/h7-11H,2-6H2,1H3/t7-,8+/m0/s1. The third-order valence-corrected chi connectivity index (χ3v) is 2.50. The summed E-state index contributed by atoms with van der Waals surface area (Å²) < 4.78 is 0. The van der Waals surface area contributed by atoms with Gasteiger partial charge in [-0.25, -0.2) is 0 Å². The second-order valence-corrected chi connectivity index (χ2v) is 3.16. The number of hydrogen-bond donors (Lipinski definition) is 3. The molecule has 3 nitrogen and oxygen atoms in total. The fourth-order valence-corrected chi connectivity index (χ4v) is 1.76. The van der Waals surface area contributed by atoms with Crippen LogP contribution in [0.1, 0.15) is 12.8 Å². The molecule has 2 atom stereocenters. The van der Waals surface area contributed by atoms with Gasteiger partial charge in [0, 0.05) is 19.2 Å². The molecule has 1 rings (SSSR count). The van der Waals surface area contributed by atoms with E-state index >= 15 is 0 Å². The highest BCUT2D eigenvalue weighted by molar-refractivity contribution is 4.81. The third kappa shape index (κ3) is 2.43. The largest absolute Gasteiger partial charge is 0.396 e. The van der Waals surface area contributed by atoms with Crippen molar-refractivity contribution in [1.82, 2.24) is 10.6 Å². The normalized spacial score (nSPS) is 32.2. The summed E-state index contributed by atoms with van der Waals surface area (Å²) in [6.45, 7) is 2.47. The molecule has 11 heavy (non-hydrogen) atoms. The zero-order chi connectivity index (χ0) is 8.10. The highest BCUT2D eigenvalue weighted by Crippen LogP contribution is 2.15. The number of aliphatic hydroxyl groups is 1. The van der Waals surface area contributed by atoms with E-state index in [1.54, 1.807) is 0 Å². The van der Waals surface area contributed by atoms with Gasteiger partial charge in [-0.2, -0.15) is 0 Å². The van der Waals surface area contributed by atoms with Crippen LogP contribution in [0.15, 0.2) is 0 Å². The van der Waals surface area contributed by atoms with Crippen molar-refractivity contribution in [3.8, 4) is 0 Å². The molecule has 1 heterocycles. The van der Waals surface area contributed by atoms with E-state index in [2.05, 4.69) is 10.6 Å². The molecule has 3 N–H and O–H groups in total. The Morgan fingerprint density at radius 1 is 1.64 bits per heavy atom. The van der Waals surface area contributed by atoms with Crippen LogP contribution in [0.2, 0.25) is 0 Å². The molecular formula is C8H18N2O. The van der Waals surface area contributed by atoms with Crippen molar-refractivity contribution < 1.29 is 5.11 Å². The van der Waals surface area contributed by atoms with Crippen molar-refractivity contribution in [3.63, 3.8) is 0 Å². The molecular weight excluding hydrogens is 140 g/mol. The van der Waals surface area contributed by atoms with E-state index in [0.717, 1.165) is 19.5 Å². The smallest absolute Gasteiger partial charge is 0.0434 e. The maximum Gasteiger partial charge on any atom is 0.0434 e. The number of aliphatic hydroxyl groups excluding tert-OH is 1. The van der Waals surface area contributed by atoms with Crippen LogP contribution in [0, 0.1) is 5.92 Å². The van der Waals surface area contributed by atoms with Gasteiger partial charge in [0.2, 0.25) is 0 Å². The lowest BCUT2D eigenvalue weighted by Crippen LogP contribution is -2.47. The lowest BCUT2D eigenvalue weighted by atomic mass is 9.90. The van der Waals surface area contributed by atoms with Crippen molar-refractivity contribution in [1.29, 1.82) is 0 Å². The van der Waals surface area contributed by atoms with E-state index in [4.69, 9.17) is 5.11 Å². The third-order valence-electron chi connectivity index (χ3n) is 2.50. The van der Waals surface area contributed by atoms with Crippen LogP contribution in [-0.4, -0.2) is 37.9 Å². The van der Waals surface area contributed by atoms with Gasteiger partial charge in [-0.1, -0.05) is 0 Å². The maximum absolute atomic E-state index is 8.78. The molecule has 0 saturated carbocycles. The van der Waals surface area contributed by atoms with E-state index in [1.165, 1.54) is 6.42 Å². The molecule has 3 heteroatoms. The average molecular weight is 158 g/mol. The predicted molar refractivity (Wildman–Crippen MR) is 45.5 cm³/mol. The van der Waals surface area contributed by atoms with E-state index in [0.29, 0.717) is 18.6 Å². The topological polar surface area (TPSA) is 44.3 Å². The van der Waals surface area contributed by atoms with Crippen LogP contribution < -0.4 is 10.6 Å². The van der Waals surface area contributed by atoms with E-state index in [9.17, 15) is 0 Å². The molecule has 0 radical (unpaired) electrons. The van der Waals surface area contributed by atoms with E-state index in [1.807, 2.05) is 7.05 Å². The van der Waals surface area contributed by atoms with Crippen LogP contribution in [0.25, 0.3) is 0 Å². The molecule has 0 amide bonds. The Kier molecular flexibility index (Phi) is 3.83. The average Bonchev–Trinajstić information content (AvgIpc) is 2.06. The van der Waals surface area contributed by atoms with Crippen molar-refractivity contribution in [2.75, 3.05) is 26.7 Å². The minimum absolute atomic E-state index is 0.322. The summed E-state index contributed by atoms with van der Waals surface area (Å²) in [6.07, 6.45) is 2.12. The Balaban J connectivity index is 2.31. The Morgan fingerprint density at radius 3 is 3.09 bits per heavy atom. The molecule has 1 fully saturated rings. The van der Waals surface area contributed by atoms with Gasteiger partial charge in [-0.15, -0.1) is 0 Å². The highest BCUT2D eigenvalue weighted by atomic mass is 16.3.